The molecular formula is C19H17F3N4O4. The maximum atomic E-state index is 13.1. The van der Waals surface area contributed by atoms with E-state index in [9.17, 15) is 22.8 Å². The minimum absolute atomic E-state index is 0.213. The molecule has 0 atom stereocenters. The van der Waals surface area contributed by atoms with Crippen molar-refractivity contribution < 1.29 is 32.6 Å². The van der Waals surface area contributed by atoms with Gasteiger partial charge in [0.15, 0.2) is 5.96 Å². The van der Waals surface area contributed by atoms with Crippen molar-refractivity contribution in [1.82, 2.24) is 0 Å². The first-order valence-electron chi connectivity index (χ1n) is 8.22. The highest BCUT2D eigenvalue weighted by Gasteiger charge is 2.32. The zero-order chi connectivity index (χ0) is 22.5. The maximum absolute atomic E-state index is 13.1. The normalized spacial score (nSPS) is 11.2. The average molecular weight is 422 g/mol. The molecule has 2 aromatic rings. The van der Waals surface area contributed by atoms with Crippen LogP contribution in [0.2, 0.25) is 0 Å². The van der Waals surface area contributed by atoms with Crippen LogP contribution in [0.1, 0.15) is 21.5 Å². The lowest BCUT2D eigenvalue weighted by molar-refractivity contribution is -0.137. The molecule has 0 radical (unpaired) electrons. The molecule has 0 aliphatic rings. The summed E-state index contributed by atoms with van der Waals surface area (Å²) in [5, 5.41) is 11.2. The maximum Gasteiger partial charge on any atom is 0.416 e. The van der Waals surface area contributed by atoms with Gasteiger partial charge in [0.05, 0.1) is 18.4 Å². The van der Waals surface area contributed by atoms with Crippen molar-refractivity contribution in [2.75, 3.05) is 12.4 Å². The van der Waals surface area contributed by atoms with Crippen molar-refractivity contribution in [3.8, 4) is 5.75 Å². The van der Waals surface area contributed by atoms with Gasteiger partial charge in [-0.1, -0.05) is 0 Å². The second-order valence-electron chi connectivity index (χ2n) is 5.89. The summed E-state index contributed by atoms with van der Waals surface area (Å²) in [5.74, 6) is -2.22. The molecule has 0 saturated carbocycles. The first-order valence-corrected chi connectivity index (χ1v) is 8.22. The number of methoxy groups -OCH3 is 1. The molecule has 8 nitrogen and oxygen atoms in total. The number of nitrogens with two attached hydrogens (primary N) is 2. The molecular weight excluding hydrogens is 405 g/mol. The number of benzene rings is 2. The van der Waals surface area contributed by atoms with Crippen molar-refractivity contribution in [2.24, 2.45) is 16.5 Å². The van der Waals surface area contributed by atoms with E-state index in [-0.39, 0.29) is 22.7 Å². The van der Waals surface area contributed by atoms with Crippen LogP contribution in [0.25, 0.3) is 6.08 Å². The number of alkyl halides is 3. The van der Waals surface area contributed by atoms with Crippen LogP contribution in [0, 0.1) is 0 Å². The smallest absolute Gasteiger partial charge is 0.416 e. The Kier molecular flexibility index (Phi) is 6.67. The monoisotopic (exact) mass is 422 g/mol. The molecule has 1 amide bonds. The van der Waals surface area contributed by atoms with Gasteiger partial charge in [0.1, 0.15) is 5.75 Å². The lowest BCUT2D eigenvalue weighted by Gasteiger charge is -2.12. The van der Waals surface area contributed by atoms with Gasteiger partial charge in [-0.3, -0.25) is 4.79 Å². The number of rotatable bonds is 6. The Hall–Kier alpha value is -4.02. The molecule has 11 heteroatoms. The second kappa shape index (κ2) is 8.99. The SMILES string of the molecule is COc1cc(NC(=O)c2cc(N=C(N)N)cc(C(F)(F)F)c2)ccc1/C=C/C(=O)O. The number of hydrogen-bond acceptors (Lipinski definition) is 4. The minimum Gasteiger partial charge on any atom is -0.496 e. The molecule has 0 spiro atoms. The predicted molar refractivity (Wildman–Crippen MR) is 105 cm³/mol. The number of carboxylic acids is 1. The number of guanidine groups is 1. The number of carbonyl (C=O) groups excluding carboxylic acids is 1. The molecule has 158 valence electrons. The molecule has 6 N–H and O–H groups in total. The molecule has 0 aliphatic heterocycles. The van der Waals surface area contributed by atoms with Gasteiger partial charge in [0.2, 0.25) is 0 Å². The number of aliphatic carboxylic acids is 1. The second-order valence-corrected chi connectivity index (χ2v) is 5.89. The van der Waals surface area contributed by atoms with Gasteiger partial charge in [-0.25, -0.2) is 9.79 Å². The molecule has 0 bridgehead atoms. The van der Waals surface area contributed by atoms with E-state index in [4.69, 9.17) is 21.3 Å². The fourth-order valence-corrected chi connectivity index (χ4v) is 2.41. The average Bonchev–Trinajstić information content (AvgIpc) is 2.65. The number of carbonyl (C=O) groups is 2. The Morgan fingerprint density at radius 2 is 1.87 bits per heavy atom. The fraction of sp³-hybridized carbons (Fsp3) is 0.105. The molecule has 0 fully saturated rings. The van der Waals surface area contributed by atoms with Crippen LogP contribution in [-0.4, -0.2) is 30.1 Å². The zero-order valence-electron chi connectivity index (χ0n) is 15.5. The number of ether oxygens (including phenoxy) is 1. The van der Waals surface area contributed by atoms with Gasteiger partial charge in [-0.05, 0) is 36.4 Å². The Bertz CT molecular complexity index is 1030. The van der Waals surface area contributed by atoms with Crippen LogP contribution in [0.4, 0.5) is 24.5 Å². The molecule has 2 aromatic carbocycles. The zero-order valence-corrected chi connectivity index (χ0v) is 15.5. The highest BCUT2D eigenvalue weighted by atomic mass is 19.4. The Morgan fingerprint density at radius 3 is 2.43 bits per heavy atom. The topological polar surface area (TPSA) is 140 Å². The molecule has 30 heavy (non-hydrogen) atoms. The van der Waals surface area contributed by atoms with E-state index in [2.05, 4.69) is 10.3 Å². The van der Waals surface area contributed by atoms with Crippen molar-refractivity contribution in [2.45, 2.75) is 6.18 Å². The van der Waals surface area contributed by atoms with Gasteiger partial charge in [0.25, 0.3) is 5.91 Å². The Labute approximate surface area is 168 Å². The predicted octanol–water partition coefficient (Wildman–Crippen LogP) is 2.97. The summed E-state index contributed by atoms with van der Waals surface area (Å²) in [5.41, 5.74) is 9.41. The van der Waals surface area contributed by atoms with E-state index in [1.165, 1.54) is 31.4 Å². The number of carboxylic acid groups (broad SMARTS) is 1. The van der Waals surface area contributed by atoms with Gasteiger partial charge in [0, 0.05) is 29.0 Å². The number of nitrogens with one attached hydrogen (secondary N) is 1. The summed E-state index contributed by atoms with van der Waals surface area (Å²) in [4.78, 5) is 26.7. The molecule has 0 unspecified atom stereocenters. The molecule has 0 aliphatic carbocycles. The van der Waals surface area contributed by atoms with E-state index in [0.29, 0.717) is 17.7 Å². The van der Waals surface area contributed by atoms with Crippen molar-refractivity contribution in [1.29, 1.82) is 0 Å². The van der Waals surface area contributed by atoms with Crippen molar-refractivity contribution >= 4 is 35.3 Å². The molecule has 2 rings (SSSR count). The third-order valence-electron chi connectivity index (χ3n) is 3.66. The number of hydrogen-bond donors (Lipinski definition) is 4. The lowest BCUT2D eigenvalue weighted by Crippen LogP contribution is -2.22. The summed E-state index contributed by atoms with van der Waals surface area (Å²) < 4.78 is 44.6. The molecule has 0 saturated heterocycles. The van der Waals surface area contributed by atoms with E-state index < -0.39 is 29.6 Å². The van der Waals surface area contributed by atoms with Crippen molar-refractivity contribution in [3.63, 3.8) is 0 Å². The van der Waals surface area contributed by atoms with Crippen LogP contribution in [0.15, 0.2) is 47.5 Å². The lowest BCUT2D eigenvalue weighted by atomic mass is 10.1. The van der Waals surface area contributed by atoms with Crippen LogP contribution >= 0.6 is 0 Å². The number of halogens is 3. The van der Waals surface area contributed by atoms with Crippen LogP contribution in [0.3, 0.4) is 0 Å². The van der Waals surface area contributed by atoms with E-state index in [1.807, 2.05) is 0 Å². The largest absolute Gasteiger partial charge is 0.496 e. The minimum atomic E-state index is -4.72. The van der Waals surface area contributed by atoms with E-state index >= 15 is 0 Å². The first kappa shape index (κ1) is 22.3. The number of aliphatic imine (C=N–C) groups is 1. The summed E-state index contributed by atoms with van der Waals surface area (Å²) >= 11 is 0. The van der Waals surface area contributed by atoms with Gasteiger partial charge < -0.3 is 26.6 Å². The quantitative estimate of drug-likeness (QED) is 0.321. The first-order chi connectivity index (χ1) is 14.0. The third-order valence-corrected chi connectivity index (χ3v) is 3.66. The highest BCUT2D eigenvalue weighted by Crippen LogP contribution is 2.33. The van der Waals surface area contributed by atoms with Crippen molar-refractivity contribution in [3.05, 3.63) is 59.2 Å². The number of anilines is 1. The summed E-state index contributed by atoms with van der Waals surface area (Å²) in [7, 11) is 1.34. The molecule has 0 heterocycles. The van der Waals surface area contributed by atoms with Gasteiger partial charge >= 0.3 is 12.1 Å². The molecule has 0 aromatic heterocycles. The Morgan fingerprint density at radius 1 is 1.17 bits per heavy atom. The Balaban J connectivity index is 2.37. The van der Waals surface area contributed by atoms with Crippen LogP contribution in [0.5, 0.6) is 5.75 Å². The fourth-order valence-electron chi connectivity index (χ4n) is 2.41. The summed E-state index contributed by atoms with van der Waals surface area (Å²) in [6.45, 7) is 0. The van der Waals surface area contributed by atoms with Crippen LogP contribution in [-0.2, 0) is 11.0 Å². The standard InChI is InChI=1S/C19H17F3N4O4/c1-30-15-9-13(4-2-10(15)3-5-16(27)28)25-17(29)11-6-12(19(20,21)22)8-14(7-11)26-18(23)24/h2-9H,1H3,(H,25,29)(H,27,28)(H4,23,24,26)/b5-3+. The van der Waals surface area contributed by atoms with Gasteiger partial charge in [-0.15, -0.1) is 0 Å². The van der Waals surface area contributed by atoms with E-state index in [1.54, 1.807) is 0 Å². The summed E-state index contributed by atoms with van der Waals surface area (Å²) in [6, 6.07) is 6.79. The van der Waals surface area contributed by atoms with Crippen LogP contribution < -0.4 is 21.5 Å². The number of nitrogens with zero attached hydrogens (tertiary/aromatic N) is 1. The highest BCUT2D eigenvalue weighted by molar-refractivity contribution is 6.05. The number of amides is 1. The van der Waals surface area contributed by atoms with E-state index in [0.717, 1.165) is 12.1 Å². The third kappa shape index (κ3) is 5.99. The summed E-state index contributed by atoms with van der Waals surface area (Å²) in [6.07, 6.45) is -2.52. The van der Waals surface area contributed by atoms with Gasteiger partial charge in [-0.2, -0.15) is 13.2 Å².